The maximum Gasteiger partial charge on any atom is 0.407 e. The van der Waals surface area contributed by atoms with Crippen LogP contribution in [0.2, 0.25) is 0 Å². The number of nitro benzene ring substituents is 1. The summed E-state index contributed by atoms with van der Waals surface area (Å²) in [5.74, 6) is 0.511. The highest BCUT2D eigenvalue weighted by molar-refractivity contribution is 5.66. The van der Waals surface area contributed by atoms with Gasteiger partial charge >= 0.3 is 6.09 Å². The second-order valence-corrected chi connectivity index (χ2v) is 6.48. The molecule has 1 saturated heterocycles. The van der Waals surface area contributed by atoms with Gasteiger partial charge in [0.25, 0.3) is 5.69 Å². The highest BCUT2D eigenvalue weighted by Crippen LogP contribution is 2.35. The number of nitro groups is 1. The first-order valence-corrected chi connectivity index (χ1v) is 7.11. The van der Waals surface area contributed by atoms with Crippen molar-refractivity contribution in [3.05, 3.63) is 34.4 Å². The van der Waals surface area contributed by atoms with E-state index in [1.165, 1.54) is 17.0 Å². The van der Waals surface area contributed by atoms with Crippen molar-refractivity contribution >= 4 is 11.8 Å². The number of amides is 1. The van der Waals surface area contributed by atoms with E-state index in [1.54, 1.807) is 12.1 Å². The Bertz CT molecular complexity index is 564. The largest absolute Gasteiger partial charge is 0.488 e. The molecular weight excluding hydrogens is 288 g/mol. The number of benzene rings is 1. The average Bonchev–Trinajstić information content (AvgIpc) is 2.83. The van der Waals surface area contributed by atoms with E-state index >= 15 is 0 Å². The van der Waals surface area contributed by atoms with Crippen molar-refractivity contribution in [1.82, 2.24) is 4.90 Å². The van der Waals surface area contributed by atoms with Gasteiger partial charge in [-0.3, -0.25) is 10.1 Å². The van der Waals surface area contributed by atoms with Crippen LogP contribution >= 0.6 is 0 Å². The molecule has 0 radical (unpaired) electrons. The van der Waals surface area contributed by atoms with E-state index in [2.05, 4.69) is 0 Å². The van der Waals surface area contributed by atoms with Crippen LogP contribution in [0.1, 0.15) is 27.2 Å². The SMILES string of the molecule is CC(C)(C)C1[C@@H](Oc2ccc([N+](=O)[O-])cc2)CCN1C(=O)O. The van der Waals surface area contributed by atoms with Gasteiger partial charge in [-0.2, -0.15) is 0 Å². The lowest BCUT2D eigenvalue weighted by molar-refractivity contribution is -0.384. The Labute approximate surface area is 128 Å². The highest BCUT2D eigenvalue weighted by Gasteiger charge is 2.45. The Morgan fingerprint density at radius 2 is 1.95 bits per heavy atom. The monoisotopic (exact) mass is 308 g/mol. The third-order valence-corrected chi connectivity index (χ3v) is 3.81. The molecule has 2 rings (SSSR count). The van der Waals surface area contributed by atoms with E-state index < -0.39 is 11.0 Å². The minimum Gasteiger partial charge on any atom is -0.488 e. The van der Waals surface area contributed by atoms with Gasteiger partial charge in [-0.25, -0.2) is 4.79 Å². The van der Waals surface area contributed by atoms with Crippen molar-refractivity contribution < 1.29 is 19.6 Å². The number of rotatable bonds is 3. The molecule has 1 aliphatic heterocycles. The zero-order valence-corrected chi connectivity index (χ0v) is 12.9. The van der Waals surface area contributed by atoms with Gasteiger partial charge in [0.2, 0.25) is 0 Å². The number of carbonyl (C=O) groups is 1. The Morgan fingerprint density at radius 3 is 2.41 bits per heavy atom. The lowest BCUT2D eigenvalue weighted by Crippen LogP contribution is -2.48. The maximum absolute atomic E-state index is 11.4. The van der Waals surface area contributed by atoms with Crippen molar-refractivity contribution in [2.45, 2.75) is 39.3 Å². The molecular formula is C15H20N2O5. The summed E-state index contributed by atoms with van der Waals surface area (Å²) in [6.45, 7) is 6.36. The number of carboxylic acid groups (broad SMARTS) is 1. The van der Waals surface area contributed by atoms with Crippen molar-refractivity contribution in [3.8, 4) is 5.75 Å². The molecule has 0 saturated carbocycles. The number of non-ortho nitro benzene ring substituents is 1. The number of hydrogen-bond acceptors (Lipinski definition) is 4. The first kappa shape index (κ1) is 16.1. The van der Waals surface area contributed by atoms with E-state index in [0.717, 1.165) is 0 Å². The summed E-state index contributed by atoms with van der Waals surface area (Å²) in [6.07, 6.45) is -0.613. The minimum atomic E-state index is -0.949. The normalized spacial score (nSPS) is 21.7. The van der Waals surface area contributed by atoms with Gasteiger partial charge in [-0.15, -0.1) is 0 Å². The van der Waals surface area contributed by atoms with Crippen molar-refractivity contribution in [2.75, 3.05) is 6.54 Å². The van der Waals surface area contributed by atoms with Crippen LogP contribution in [-0.4, -0.2) is 39.7 Å². The van der Waals surface area contributed by atoms with Gasteiger partial charge < -0.3 is 14.7 Å². The molecule has 2 atom stereocenters. The molecule has 0 aromatic heterocycles. The molecule has 1 aliphatic rings. The molecule has 120 valence electrons. The summed E-state index contributed by atoms with van der Waals surface area (Å²) >= 11 is 0. The molecule has 0 aliphatic carbocycles. The fourth-order valence-electron chi connectivity index (χ4n) is 2.95. The molecule has 1 fully saturated rings. The van der Waals surface area contributed by atoms with Gasteiger partial charge in [0.15, 0.2) is 0 Å². The predicted octanol–water partition coefficient (Wildman–Crippen LogP) is 3.14. The smallest absolute Gasteiger partial charge is 0.407 e. The summed E-state index contributed by atoms with van der Waals surface area (Å²) in [4.78, 5) is 23.0. The fraction of sp³-hybridized carbons (Fsp3) is 0.533. The molecule has 1 aromatic rings. The van der Waals surface area contributed by atoms with Gasteiger partial charge in [-0.1, -0.05) is 20.8 Å². The summed E-state index contributed by atoms with van der Waals surface area (Å²) in [7, 11) is 0. The van der Waals surface area contributed by atoms with Crippen LogP contribution in [0.4, 0.5) is 10.5 Å². The minimum absolute atomic E-state index is 0.00157. The predicted molar refractivity (Wildman–Crippen MR) is 80.1 cm³/mol. The Balaban J connectivity index is 2.17. The van der Waals surface area contributed by atoms with Crippen molar-refractivity contribution in [2.24, 2.45) is 5.41 Å². The van der Waals surface area contributed by atoms with Crippen molar-refractivity contribution in [3.63, 3.8) is 0 Å². The van der Waals surface area contributed by atoms with Gasteiger partial charge in [0, 0.05) is 25.1 Å². The molecule has 1 unspecified atom stereocenters. The molecule has 22 heavy (non-hydrogen) atoms. The summed E-state index contributed by atoms with van der Waals surface area (Å²) in [5.41, 5.74) is -0.265. The molecule has 1 heterocycles. The van der Waals surface area contributed by atoms with Crippen LogP contribution in [0.25, 0.3) is 0 Å². The number of ether oxygens (including phenoxy) is 1. The summed E-state index contributed by atoms with van der Waals surface area (Å²) in [6, 6.07) is 5.58. The van der Waals surface area contributed by atoms with Gasteiger partial charge in [0.1, 0.15) is 11.9 Å². The summed E-state index contributed by atoms with van der Waals surface area (Å²) in [5, 5.41) is 20.0. The third-order valence-electron chi connectivity index (χ3n) is 3.81. The molecule has 1 amide bonds. The van der Waals surface area contributed by atoms with Gasteiger partial charge in [0.05, 0.1) is 11.0 Å². The van der Waals surface area contributed by atoms with Crippen molar-refractivity contribution in [1.29, 1.82) is 0 Å². The van der Waals surface area contributed by atoms with Gasteiger partial charge in [-0.05, 0) is 17.5 Å². The second kappa shape index (κ2) is 5.82. The van der Waals surface area contributed by atoms with E-state index in [0.29, 0.717) is 18.7 Å². The van der Waals surface area contributed by atoms with E-state index in [-0.39, 0.29) is 23.2 Å². The quantitative estimate of drug-likeness (QED) is 0.684. The van der Waals surface area contributed by atoms with E-state index in [4.69, 9.17) is 4.74 Å². The van der Waals surface area contributed by atoms with Crippen LogP contribution in [0.15, 0.2) is 24.3 Å². The van der Waals surface area contributed by atoms with Crippen LogP contribution in [0, 0.1) is 15.5 Å². The Morgan fingerprint density at radius 1 is 1.36 bits per heavy atom. The Kier molecular flexibility index (Phi) is 4.25. The molecule has 0 bridgehead atoms. The summed E-state index contributed by atoms with van der Waals surface area (Å²) < 4.78 is 5.90. The van der Waals surface area contributed by atoms with Crippen LogP contribution < -0.4 is 4.74 Å². The number of nitrogens with zero attached hydrogens (tertiary/aromatic N) is 2. The average molecular weight is 308 g/mol. The zero-order valence-electron chi connectivity index (χ0n) is 12.9. The lowest BCUT2D eigenvalue weighted by atomic mass is 9.84. The molecule has 7 heteroatoms. The van der Waals surface area contributed by atoms with Crippen LogP contribution in [0.5, 0.6) is 5.75 Å². The lowest BCUT2D eigenvalue weighted by Gasteiger charge is -2.36. The molecule has 1 aromatic carbocycles. The highest BCUT2D eigenvalue weighted by atomic mass is 16.6. The zero-order chi connectivity index (χ0) is 16.5. The molecule has 0 spiro atoms. The van der Waals surface area contributed by atoms with Crippen LogP contribution in [-0.2, 0) is 0 Å². The molecule has 7 nitrogen and oxygen atoms in total. The maximum atomic E-state index is 11.4. The standard InChI is InChI=1S/C15H20N2O5/c1-15(2,3)13-12(8-9-16(13)14(18)19)22-11-6-4-10(5-7-11)17(20)21/h4-7,12-13H,8-9H2,1-3H3,(H,18,19)/t12-,13?/m0/s1. The first-order valence-electron chi connectivity index (χ1n) is 7.11. The van der Waals surface area contributed by atoms with E-state index in [9.17, 15) is 20.0 Å². The second-order valence-electron chi connectivity index (χ2n) is 6.48. The Hall–Kier alpha value is -2.31. The number of likely N-dealkylation sites (tertiary alicyclic amines) is 1. The molecule has 1 N–H and O–H groups in total. The first-order chi connectivity index (χ1) is 10.2. The topological polar surface area (TPSA) is 92.9 Å². The van der Waals surface area contributed by atoms with Crippen LogP contribution in [0.3, 0.4) is 0 Å². The van der Waals surface area contributed by atoms with E-state index in [1.807, 2.05) is 20.8 Å². The third kappa shape index (κ3) is 3.29. The number of hydrogen-bond donors (Lipinski definition) is 1. The fourth-order valence-corrected chi connectivity index (χ4v) is 2.95.